The number of hydrogen-bond acceptors (Lipinski definition) is 5. The summed E-state index contributed by atoms with van der Waals surface area (Å²) in [5, 5.41) is 15.7. The van der Waals surface area contributed by atoms with Gasteiger partial charge >= 0.3 is 6.09 Å². The lowest BCUT2D eigenvalue weighted by Crippen LogP contribution is -2.57. The lowest BCUT2D eigenvalue weighted by Gasteiger charge is -2.43. The second-order valence-electron chi connectivity index (χ2n) is 10.3. The molecule has 34 heavy (non-hydrogen) atoms. The van der Waals surface area contributed by atoms with Gasteiger partial charge in [0.25, 0.3) is 0 Å². The van der Waals surface area contributed by atoms with E-state index < -0.39 is 23.8 Å². The second kappa shape index (κ2) is 11.6. The highest BCUT2D eigenvalue weighted by Crippen LogP contribution is 2.35. The SMILES string of the molecule is CCCC(C)NC(=O)C(c1ccc(O)c(C)c1)N(C(=O)C(C)NC(=O)OC(C)(C)C)C1CCC1. The fraction of sp³-hybridized carbons (Fsp3) is 0.654. The Morgan fingerprint density at radius 3 is 2.32 bits per heavy atom. The molecule has 0 radical (unpaired) electrons. The number of nitrogens with zero attached hydrogens (tertiary/aromatic N) is 1. The molecule has 0 spiro atoms. The van der Waals surface area contributed by atoms with E-state index in [4.69, 9.17) is 4.74 Å². The van der Waals surface area contributed by atoms with Crippen LogP contribution in [0, 0.1) is 6.92 Å². The summed E-state index contributed by atoms with van der Waals surface area (Å²) in [6.07, 6.45) is 3.61. The predicted molar refractivity (Wildman–Crippen MR) is 131 cm³/mol. The fourth-order valence-electron chi connectivity index (χ4n) is 4.07. The summed E-state index contributed by atoms with van der Waals surface area (Å²) in [5.41, 5.74) is 0.557. The Labute approximate surface area is 203 Å². The summed E-state index contributed by atoms with van der Waals surface area (Å²) in [5.74, 6) is -0.482. The van der Waals surface area contributed by atoms with E-state index in [0.717, 1.165) is 32.1 Å². The molecule has 190 valence electrons. The van der Waals surface area contributed by atoms with Crippen LogP contribution in [0.15, 0.2) is 18.2 Å². The van der Waals surface area contributed by atoms with Crippen LogP contribution in [-0.2, 0) is 14.3 Å². The molecular formula is C26H41N3O5. The molecule has 1 aromatic carbocycles. The summed E-state index contributed by atoms with van der Waals surface area (Å²) < 4.78 is 5.31. The van der Waals surface area contributed by atoms with Crippen molar-refractivity contribution in [3.63, 3.8) is 0 Å². The molecule has 1 saturated carbocycles. The Kier molecular flexibility index (Phi) is 9.36. The maximum atomic E-state index is 13.7. The normalized spacial score (nSPS) is 16.6. The molecule has 8 nitrogen and oxygen atoms in total. The Morgan fingerprint density at radius 2 is 1.82 bits per heavy atom. The van der Waals surface area contributed by atoms with Crippen molar-refractivity contribution >= 4 is 17.9 Å². The van der Waals surface area contributed by atoms with Crippen LogP contribution in [0.25, 0.3) is 0 Å². The average molecular weight is 476 g/mol. The Bertz CT molecular complexity index is 876. The highest BCUT2D eigenvalue weighted by atomic mass is 16.6. The summed E-state index contributed by atoms with van der Waals surface area (Å²) in [7, 11) is 0. The third-order valence-electron chi connectivity index (χ3n) is 6.00. The average Bonchev–Trinajstić information content (AvgIpc) is 2.66. The summed E-state index contributed by atoms with van der Waals surface area (Å²) in [6, 6.07) is 3.07. The zero-order valence-electron chi connectivity index (χ0n) is 21.6. The van der Waals surface area contributed by atoms with E-state index in [-0.39, 0.29) is 29.6 Å². The summed E-state index contributed by atoms with van der Waals surface area (Å²) >= 11 is 0. The third-order valence-corrected chi connectivity index (χ3v) is 6.00. The van der Waals surface area contributed by atoms with E-state index in [2.05, 4.69) is 17.6 Å². The number of aromatic hydroxyl groups is 1. The van der Waals surface area contributed by atoms with Crippen molar-refractivity contribution in [2.75, 3.05) is 0 Å². The lowest BCUT2D eigenvalue weighted by atomic mass is 9.88. The first-order valence-electron chi connectivity index (χ1n) is 12.3. The zero-order valence-corrected chi connectivity index (χ0v) is 21.6. The van der Waals surface area contributed by atoms with Gasteiger partial charge in [0.15, 0.2) is 0 Å². The number of ether oxygens (including phenoxy) is 1. The quantitative estimate of drug-likeness (QED) is 0.492. The largest absolute Gasteiger partial charge is 0.508 e. The number of amides is 3. The van der Waals surface area contributed by atoms with Crippen molar-refractivity contribution in [3.05, 3.63) is 29.3 Å². The minimum atomic E-state index is -0.878. The predicted octanol–water partition coefficient (Wildman–Crippen LogP) is 4.34. The summed E-state index contributed by atoms with van der Waals surface area (Å²) in [6.45, 7) is 12.6. The molecule has 3 atom stereocenters. The van der Waals surface area contributed by atoms with Gasteiger partial charge in [0.1, 0.15) is 23.4 Å². The van der Waals surface area contributed by atoms with Crippen LogP contribution in [0.3, 0.4) is 0 Å². The van der Waals surface area contributed by atoms with Gasteiger partial charge in [-0.15, -0.1) is 0 Å². The van der Waals surface area contributed by atoms with Crippen LogP contribution < -0.4 is 10.6 Å². The molecule has 3 N–H and O–H groups in total. The van der Waals surface area contributed by atoms with Crippen LogP contribution in [0.1, 0.15) is 90.8 Å². The molecule has 1 fully saturated rings. The number of rotatable bonds is 9. The standard InChI is InChI=1S/C26H41N3O5/c1-8-10-17(3)27-23(31)22(19-13-14-21(30)16(2)15-19)29(20-11-9-12-20)24(32)18(4)28-25(33)34-26(5,6)7/h13-15,17-18,20,22,30H,8-12H2,1-7H3,(H,27,31)(H,28,33). The number of nitrogens with one attached hydrogen (secondary N) is 2. The summed E-state index contributed by atoms with van der Waals surface area (Å²) in [4.78, 5) is 41.2. The van der Waals surface area contributed by atoms with Crippen LogP contribution in [-0.4, -0.2) is 51.6 Å². The monoisotopic (exact) mass is 475 g/mol. The first-order valence-corrected chi connectivity index (χ1v) is 12.3. The van der Waals surface area contributed by atoms with Gasteiger partial charge < -0.3 is 25.4 Å². The number of phenols is 1. The van der Waals surface area contributed by atoms with Crippen molar-refractivity contribution in [3.8, 4) is 5.75 Å². The number of aryl methyl sites for hydroxylation is 1. The highest BCUT2D eigenvalue weighted by molar-refractivity contribution is 5.92. The maximum Gasteiger partial charge on any atom is 0.408 e. The van der Waals surface area contributed by atoms with E-state index in [1.165, 1.54) is 0 Å². The first kappa shape index (κ1) is 27.5. The van der Waals surface area contributed by atoms with E-state index in [9.17, 15) is 19.5 Å². The molecule has 0 aromatic heterocycles. The maximum absolute atomic E-state index is 13.7. The van der Waals surface area contributed by atoms with Crippen LogP contribution in [0.5, 0.6) is 5.75 Å². The number of carbonyl (C=O) groups is 3. The number of hydrogen-bond donors (Lipinski definition) is 3. The van der Waals surface area contributed by atoms with Gasteiger partial charge in [-0.25, -0.2) is 4.79 Å². The molecule has 1 aliphatic carbocycles. The van der Waals surface area contributed by atoms with E-state index in [1.54, 1.807) is 57.7 Å². The minimum Gasteiger partial charge on any atom is -0.508 e. The van der Waals surface area contributed by atoms with Gasteiger partial charge in [-0.2, -0.15) is 0 Å². The van der Waals surface area contributed by atoms with E-state index in [1.807, 2.05) is 6.92 Å². The molecule has 0 heterocycles. The molecule has 0 saturated heterocycles. The van der Waals surface area contributed by atoms with Gasteiger partial charge in [0.05, 0.1) is 0 Å². The van der Waals surface area contributed by atoms with Gasteiger partial charge in [0, 0.05) is 12.1 Å². The van der Waals surface area contributed by atoms with Crippen molar-refractivity contribution in [1.29, 1.82) is 0 Å². The zero-order chi connectivity index (χ0) is 25.6. The van der Waals surface area contributed by atoms with E-state index in [0.29, 0.717) is 11.1 Å². The Hall–Kier alpha value is -2.77. The number of alkyl carbamates (subject to hydrolysis) is 1. The smallest absolute Gasteiger partial charge is 0.408 e. The van der Waals surface area contributed by atoms with Crippen LogP contribution in [0.2, 0.25) is 0 Å². The minimum absolute atomic E-state index is 0.0473. The van der Waals surface area contributed by atoms with Crippen LogP contribution in [0.4, 0.5) is 4.79 Å². The first-order chi connectivity index (χ1) is 15.8. The number of benzene rings is 1. The molecule has 3 unspecified atom stereocenters. The van der Waals surface area contributed by atoms with Gasteiger partial charge in [-0.1, -0.05) is 19.4 Å². The fourth-order valence-corrected chi connectivity index (χ4v) is 4.07. The molecule has 1 aromatic rings. The molecule has 1 aliphatic rings. The number of phenolic OH excluding ortho intramolecular Hbond substituents is 1. The second-order valence-corrected chi connectivity index (χ2v) is 10.3. The Balaban J connectivity index is 2.40. The van der Waals surface area contributed by atoms with Gasteiger partial charge in [-0.05, 0) is 90.5 Å². The lowest BCUT2D eigenvalue weighted by molar-refractivity contribution is -0.147. The van der Waals surface area contributed by atoms with E-state index >= 15 is 0 Å². The van der Waals surface area contributed by atoms with Crippen LogP contribution >= 0.6 is 0 Å². The van der Waals surface area contributed by atoms with Crippen molar-refractivity contribution < 1.29 is 24.2 Å². The molecular weight excluding hydrogens is 434 g/mol. The van der Waals surface area contributed by atoms with Gasteiger partial charge in [-0.3, -0.25) is 9.59 Å². The number of carbonyl (C=O) groups excluding carboxylic acids is 3. The molecule has 8 heteroatoms. The van der Waals surface area contributed by atoms with Crippen molar-refractivity contribution in [2.24, 2.45) is 0 Å². The van der Waals surface area contributed by atoms with Crippen molar-refractivity contribution in [2.45, 2.75) is 110 Å². The molecule has 0 aliphatic heterocycles. The highest BCUT2D eigenvalue weighted by Gasteiger charge is 2.41. The molecule has 2 rings (SSSR count). The molecule has 0 bridgehead atoms. The Morgan fingerprint density at radius 1 is 1.18 bits per heavy atom. The molecule has 3 amide bonds. The van der Waals surface area contributed by atoms with Gasteiger partial charge in [0.2, 0.25) is 11.8 Å². The van der Waals surface area contributed by atoms with Crippen molar-refractivity contribution in [1.82, 2.24) is 15.5 Å². The third kappa shape index (κ3) is 7.37. The topological polar surface area (TPSA) is 108 Å².